The maximum absolute atomic E-state index is 12.6. The summed E-state index contributed by atoms with van der Waals surface area (Å²) in [6.45, 7) is 8.06. The third-order valence-corrected chi connectivity index (χ3v) is 5.13. The Morgan fingerprint density at radius 3 is 2.17 bits per heavy atom. The highest BCUT2D eigenvalue weighted by atomic mass is 16.7. The fraction of sp³-hybridized carbons (Fsp3) is 0.316. The molecule has 0 aliphatic carbocycles. The van der Waals surface area contributed by atoms with Gasteiger partial charge in [-0.2, -0.15) is 0 Å². The Morgan fingerprint density at radius 1 is 0.833 bits per heavy atom. The highest BCUT2D eigenvalue weighted by Gasteiger charge is 2.51. The van der Waals surface area contributed by atoms with E-state index in [1.165, 1.54) is 0 Å². The van der Waals surface area contributed by atoms with Gasteiger partial charge < -0.3 is 13.7 Å². The molecule has 0 saturated carbocycles. The molecule has 0 atom stereocenters. The van der Waals surface area contributed by atoms with Crippen molar-refractivity contribution in [2.24, 2.45) is 0 Å². The quantitative estimate of drug-likeness (QED) is 0.510. The van der Waals surface area contributed by atoms with Crippen LogP contribution in [0.1, 0.15) is 27.7 Å². The van der Waals surface area contributed by atoms with E-state index < -0.39 is 18.3 Å². The van der Waals surface area contributed by atoms with Crippen molar-refractivity contribution < 1.29 is 13.7 Å². The van der Waals surface area contributed by atoms with Gasteiger partial charge in [0.05, 0.1) is 22.0 Å². The Morgan fingerprint density at radius 2 is 1.46 bits per heavy atom. The molecule has 2 heterocycles. The number of fused-ring (bicyclic) bond motifs is 2. The Hall–Kier alpha value is -2.11. The average molecular weight is 322 g/mol. The maximum atomic E-state index is 12.6. The lowest BCUT2D eigenvalue weighted by atomic mass is 9.79. The zero-order valence-electron chi connectivity index (χ0n) is 14.3. The molecule has 1 fully saturated rings. The minimum atomic E-state index is -0.476. The van der Waals surface area contributed by atoms with E-state index in [1.807, 2.05) is 52.0 Å². The van der Waals surface area contributed by atoms with Crippen molar-refractivity contribution in [3.8, 4) is 0 Å². The highest BCUT2D eigenvalue weighted by molar-refractivity contribution is 6.62. The van der Waals surface area contributed by atoms with E-state index in [1.54, 1.807) is 18.2 Å². The number of para-hydroxylation sites is 1. The lowest BCUT2D eigenvalue weighted by Gasteiger charge is -2.32. The summed E-state index contributed by atoms with van der Waals surface area (Å²) in [6.07, 6.45) is 0. The first kappa shape index (κ1) is 15.4. The Bertz CT molecular complexity index is 987. The minimum Gasteiger partial charge on any atom is -0.456 e. The van der Waals surface area contributed by atoms with E-state index >= 15 is 0 Å². The zero-order chi connectivity index (χ0) is 17.1. The van der Waals surface area contributed by atoms with Gasteiger partial charge in [-0.15, -0.1) is 0 Å². The van der Waals surface area contributed by atoms with Crippen molar-refractivity contribution >= 4 is 34.5 Å². The molecule has 4 rings (SSSR count). The van der Waals surface area contributed by atoms with Crippen LogP contribution in [0.5, 0.6) is 0 Å². The molecule has 0 spiro atoms. The fourth-order valence-corrected chi connectivity index (χ4v) is 2.94. The molecule has 1 aliphatic rings. The third kappa shape index (κ3) is 2.19. The summed E-state index contributed by atoms with van der Waals surface area (Å²) in [7, 11) is -0.476. The Labute approximate surface area is 140 Å². The second kappa shape index (κ2) is 4.95. The van der Waals surface area contributed by atoms with Crippen LogP contribution in [-0.2, 0) is 9.31 Å². The summed E-state index contributed by atoms with van der Waals surface area (Å²) < 4.78 is 18.1. The van der Waals surface area contributed by atoms with E-state index in [-0.39, 0.29) is 5.43 Å². The number of hydrogen-bond donors (Lipinski definition) is 0. The van der Waals surface area contributed by atoms with Crippen molar-refractivity contribution in [1.82, 2.24) is 0 Å². The van der Waals surface area contributed by atoms with Gasteiger partial charge in [-0.3, -0.25) is 4.79 Å². The Kier molecular flexibility index (Phi) is 3.18. The lowest BCUT2D eigenvalue weighted by molar-refractivity contribution is 0.00578. The highest BCUT2D eigenvalue weighted by Crippen LogP contribution is 2.36. The van der Waals surface area contributed by atoms with Gasteiger partial charge in [-0.1, -0.05) is 18.2 Å². The molecule has 2 aromatic carbocycles. The summed E-state index contributed by atoms with van der Waals surface area (Å²) in [5.41, 5.74) is 1.15. The van der Waals surface area contributed by atoms with E-state index in [2.05, 4.69) is 0 Å². The molecule has 0 unspecified atom stereocenters. The van der Waals surface area contributed by atoms with Gasteiger partial charge in [0.1, 0.15) is 11.2 Å². The topological polar surface area (TPSA) is 48.7 Å². The van der Waals surface area contributed by atoms with Crippen LogP contribution in [0.3, 0.4) is 0 Å². The molecule has 0 amide bonds. The van der Waals surface area contributed by atoms with E-state index in [0.29, 0.717) is 21.9 Å². The smallest absolute Gasteiger partial charge is 0.456 e. The molecule has 122 valence electrons. The summed E-state index contributed by atoms with van der Waals surface area (Å²) in [6, 6.07) is 12.8. The van der Waals surface area contributed by atoms with E-state index in [9.17, 15) is 4.79 Å². The zero-order valence-corrected chi connectivity index (χ0v) is 14.3. The van der Waals surface area contributed by atoms with Crippen molar-refractivity contribution in [2.75, 3.05) is 0 Å². The molecule has 1 aliphatic heterocycles. The van der Waals surface area contributed by atoms with Crippen LogP contribution in [-0.4, -0.2) is 18.3 Å². The second-order valence-corrected chi connectivity index (χ2v) is 7.27. The number of hydrogen-bond acceptors (Lipinski definition) is 4. The summed E-state index contributed by atoms with van der Waals surface area (Å²) in [4.78, 5) is 12.6. The summed E-state index contributed by atoms with van der Waals surface area (Å²) >= 11 is 0. The van der Waals surface area contributed by atoms with Crippen LogP contribution in [0.2, 0.25) is 0 Å². The molecule has 0 bridgehead atoms. The molecule has 4 nitrogen and oxygen atoms in total. The predicted molar refractivity (Wildman–Crippen MR) is 95.7 cm³/mol. The molecule has 0 N–H and O–H groups in total. The third-order valence-electron chi connectivity index (χ3n) is 5.13. The normalized spacial score (nSPS) is 19.2. The van der Waals surface area contributed by atoms with Gasteiger partial charge in [0.25, 0.3) is 0 Å². The average Bonchev–Trinajstić information content (AvgIpc) is 2.75. The molecule has 1 saturated heterocycles. The van der Waals surface area contributed by atoms with E-state index in [4.69, 9.17) is 13.7 Å². The number of benzene rings is 2. The van der Waals surface area contributed by atoms with Crippen molar-refractivity contribution in [3.05, 3.63) is 52.7 Å². The first-order valence-electron chi connectivity index (χ1n) is 8.10. The largest absolute Gasteiger partial charge is 0.494 e. The summed E-state index contributed by atoms with van der Waals surface area (Å²) in [5.74, 6) is 0. The molecule has 0 radical (unpaired) electrons. The van der Waals surface area contributed by atoms with E-state index in [0.717, 1.165) is 5.46 Å². The predicted octanol–water partition coefficient (Wildman–Crippen LogP) is 3.25. The van der Waals surface area contributed by atoms with Crippen molar-refractivity contribution in [3.63, 3.8) is 0 Å². The van der Waals surface area contributed by atoms with Gasteiger partial charge in [0.15, 0.2) is 0 Å². The van der Waals surface area contributed by atoms with Gasteiger partial charge in [-0.25, -0.2) is 0 Å². The lowest BCUT2D eigenvalue weighted by Crippen LogP contribution is -2.41. The fourth-order valence-electron chi connectivity index (χ4n) is 2.94. The molecule has 3 aromatic rings. The number of rotatable bonds is 1. The first-order valence-corrected chi connectivity index (χ1v) is 8.10. The van der Waals surface area contributed by atoms with Crippen LogP contribution < -0.4 is 10.9 Å². The summed E-state index contributed by atoms with van der Waals surface area (Å²) in [5, 5.41) is 1.15. The van der Waals surface area contributed by atoms with Crippen LogP contribution in [0.4, 0.5) is 0 Å². The van der Waals surface area contributed by atoms with Crippen molar-refractivity contribution in [2.45, 2.75) is 38.9 Å². The van der Waals surface area contributed by atoms with Crippen LogP contribution in [0.25, 0.3) is 21.9 Å². The van der Waals surface area contributed by atoms with Crippen LogP contribution in [0.15, 0.2) is 51.7 Å². The molecular weight excluding hydrogens is 303 g/mol. The van der Waals surface area contributed by atoms with Gasteiger partial charge in [0.2, 0.25) is 5.43 Å². The second-order valence-electron chi connectivity index (χ2n) is 7.27. The van der Waals surface area contributed by atoms with Crippen LogP contribution in [0, 0.1) is 0 Å². The van der Waals surface area contributed by atoms with Crippen molar-refractivity contribution in [1.29, 1.82) is 0 Å². The molecule has 5 heteroatoms. The standard InChI is InChI=1S/C19H19BO4/c1-18(2)19(3,4)24-20(23-18)12-9-10-14-16(11-12)22-15-8-6-5-7-13(15)17(14)21/h5-11H,1-4H3. The monoisotopic (exact) mass is 322 g/mol. The van der Waals surface area contributed by atoms with Crippen LogP contribution >= 0.6 is 0 Å². The Balaban J connectivity index is 1.85. The molecular formula is C19H19BO4. The van der Waals surface area contributed by atoms with Gasteiger partial charge >= 0.3 is 7.12 Å². The van der Waals surface area contributed by atoms with Gasteiger partial charge in [0, 0.05) is 0 Å². The maximum Gasteiger partial charge on any atom is 0.494 e. The minimum absolute atomic E-state index is 0.0210. The SMILES string of the molecule is CC1(C)OB(c2ccc3c(=O)c4ccccc4oc3c2)OC1(C)C. The molecule has 24 heavy (non-hydrogen) atoms. The van der Waals surface area contributed by atoms with Gasteiger partial charge in [-0.05, 0) is 57.4 Å². The molecule has 1 aromatic heterocycles. The first-order chi connectivity index (χ1) is 11.3.